The number of aromatic nitrogens is 3. The van der Waals surface area contributed by atoms with Crippen molar-refractivity contribution in [1.29, 1.82) is 0 Å². The summed E-state index contributed by atoms with van der Waals surface area (Å²) >= 11 is 1.59. The van der Waals surface area contributed by atoms with Crippen molar-refractivity contribution in [2.24, 2.45) is 0 Å². The number of nitrogens with zero attached hydrogens (tertiary/aromatic N) is 2. The maximum absolute atomic E-state index is 12.0. The molecule has 0 aliphatic rings. The van der Waals surface area contributed by atoms with Gasteiger partial charge in [0.1, 0.15) is 5.69 Å². The number of anilines is 2. The fourth-order valence-corrected chi connectivity index (χ4v) is 2.65. The van der Waals surface area contributed by atoms with Crippen LogP contribution in [0.3, 0.4) is 0 Å². The summed E-state index contributed by atoms with van der Waals surface area (Å²) in [6, 6.07) is 5.58. The molecule has 1 amide bonds. The van der Waals surface area contributed by atoms with E-state index in [2.05, 4.69) is 20.5 Å². The van der Waals surface area contributed by atoms with Gasteiger partial charge in [0, 0.05) is 5.69 Å². The normalized spacial score (nSPS) is 10.8. The molecule has 1 aromatic carbocycles. The van der Waals surface area contributed by atoms with E-state index in [-0.39, 0.29) is 11.6 Å². The minimum Gasteiger partial charge on any atom is -0.396 e. The predicted octanol–water partition coefficient (Wildman–Crippen LogP) is 2.16. The monoisotopic (exact) mass is 273 g/mol. The second-order valence-electron chi connectivity index (χ2n) is 4.07. The lowest BCUT2D eigenvalue weighted by Crippen LogP contribution is -2.14. The minimum absolute atomic E-state index is 0.264. The number of fused-ring (bicyclic) bond motifs is 1. The van der Waals surface area contributed by atoms with Crippen molar-refractivity contribution in [2.45, 2.75) is 6.92 Å². The third-order valence-electron chi connectivity index (χ3n) is 2.65. The molecule has 0 saturated carbocycles. The Bertz CT molecular complexity index is 760. The van der Waals surface area contributed by atoms with Gasteiger partial charge in [-0.2, -0.15) is 5.10 Å². The molecule has 0 spiro atoms. The molecular weight excluding hydrogens is 262 g/mol. The van der Waals surface area contributed by atoms with Gasteiger partial charge in [-0.25, -0.2) is 4.98 Å². The van der Waals surface area contributed by atoms with Crippen LogP contribution in [0, 0.1) is 6.92 Å². The molecular formula is C12H11N5OS. The third-order valence-corrected chi connectivity index (χ3v) is 3.58. The Hall–Kier alpha value is -2.41. The van der Waals surface area contributed by atoms with Gasteiger partial charge < -0.3 is 11.1 Å². The number of hydrogen-bond acceptors (Lipinski definition) is 5. The average molecular weight is 273 g/mol. The molecule has 3 aromatic rings. The van der Waals surface area contributed by atoms with Gasteiger partial charge >= 0.3 is 0 Å². The Kier molecular flexibility index (Phi) is 2.68. The third kappa shape index (κ3) is 2.15. The molecule has 3 rings (SSSR count). The van der Waals surface area contributed by atoms with Crippen molar-refractivity contribution >= 4 is 38.8 Å². The van der Waals surface area contributed by atoms with E-state index in [1.165, 1.54) is 6.20 Å². The summed E-state index contributed by atoms with van der Waals surface area (Å²) in [5.41, 5.74) is 7.85. The number of nitrogens with one attached hydrogen (secondary N) is 2. The van der Waals surface area contributed by atoms with Gasteiger partial charge in [0.25, 0.3) is 5.91 Å². The van der Waals surface area contributed by atoms with Crippen molar-refractivity contribution in [3.05, 3.63) is 35.1 Å². The summed E-state index contributed by atoms with van der Waals surface area (Å²) < 4.78 is 1.04. The van der Waals surface area contributed by atoms with Gasteiger partial charge in [-0.3, -0.25) is 9.89 Å². The summed E-state index contributed by atoms with van der Waals surface area (Å²) in [6.45, 7) is 1.95. The smallest absolute Gasteiger partial charge is 0.275 e. The van der Waals surface area contributed by atoms with E-state index >= 15 is 0 Å². The number of aromatic amines is 1. The molecule has 2 aromatic heterocycles. The first kappa shape index (κ1) is 11.7. The Morgan fingerprint density at radius 1 is 1.47 bits per heavy atom. The van der Waals surface area contributed by atoms with Crippen LogP contribution in [-0.4, -0.2) is 21.1 Å². The van der Waals surface area contributed by atoms with Crippen molar-refractivity contribution in [1.82, 2.24) is 15.2 Å². The highest BCUT2D eigenvalue weighted by molar-refractivity contribution is 7.18. The Morgan fingerprint density at radius 3 is 3.05 bits per heavy atom. The lowest BCUT2D eigenvalue weighted by atomic mass is 10.3. The number of hydrogen-bond donors (Lipinski definition) is 3. The first-order valence-electron chi connectivity index (χ1n) is 5.61. The fraction of sp³-hybridized carbons (Fsp3) is 0.0833. The van der Waals surface area contributed by atoms with Gasteiger partial charge in [0.05, 0.1) is 27.1 Å². The quantitative estimate of drug-likeness (QED) is 0.666. The number of benzene rings is 1. The van der Waals surface area contributed by atoms with Crippen molar-refractivity contribution in [3.8, 4) is 0 Å². The lowest BCUT2D eigenvalue weighted by molar-refractivity contribution is 0.102. The standard InChI is InChI=1S/C12H11N5OS/c1-6-15-9-3-2-7(4-10(9)19-6)16-12(18)11-8(13)5-14-17-11/h2-5H,13H2,1H3,(H,14,17)(H,16,18). The first-order valence-corrected chi connectivity index (χ1v) is 6.42. The zero-order valence-electron chi connectivity index (χ0n) is 10.1. The van der Waals surface area contributed by atoms with E-state index in [9.17, 15) is 4.79 Å². The summed E-state index contributed by atoms with van der Waals surface area (Å²) in [5, 5.41) is 10.1. The molecule has 2 heterocycles. The Morgan fingerprint density at radius 2 is 2.32 bits per heavy atom. The summed E-state index contributed by atoms with van der Waals surface area (Å²) in [7, 11) is 0. The van der Waals surface area contributed by atoms with E-state index in [4.69, 9.17) is 5.73 Å². The van der Waals surface area contributed by atoms with E-state index in [0.29, 0.717) is 11.4 Å². The number of amides is 1. The molecule has 96 valence electrons. The lowest BCUT2D eigenvalue weighted by Gasteiger charge is -2.03. The van der Waals surface area contributed by atoms with Crippen LogP contribution in [0.1, 0.15) is 15.5 Å². The van der Waals surface area contributed by atoms with Gasteiger partial charge in [-0.15, -0.1) is 11.3 Å². The number of carbonyl (C=O) groups excluding carboxylic acids is 1. The number of aryl methyl sites for hydroxylation is 1. The van der Waals surface area contributed by atoms with Crippen molar-refractivity contribution < 1.29 is 4.79 Å². The zero-order valence-corrected chi connectivity index (χ0v) is 10.9. The predicted molar refractivity (Wildman–Crippen MR) is 75.3 cm³/mol. The number of nitrogen functional groups attached to an aromatic ring is 1. The molecule has 0 atom stereocenters. The van der Waals surface area contributed by atoms with Crippen LogP contribution in [0.4, 0.5) is 11.4 Å². The number of rotatable bonds is 2. The molecule has 0 saturated heterocycles. The van der Waals surface area contributed by atoms with Crippen LogP contribution >= 0.6 is 11.3 Å². The SMILES string of the molecule is Cc1nc2ccc(NC(=O)c3[nH]ncc3N)cc2s1. The molecule has 6 nitrogen and oxygen atoms in total. The van der Waals surface area contributed by atoms with Crippen LogP contribution in [0.25, 0.3) is 10.2 Å². The highest BCUT2D eigenvalue weighted by atomic mass is 32.1. The minimum atomic E-state index is -0.310. The topological polar surface area (TPSA) is 96.7 Å². The Labute approximate surface area is 112 Å². The van der Waals surface area contributed by atoms with Gasteiger partial charge in [0.15, 0.2) is 0 Å². The molecule has 4 N–H and O–H groups in total. The van der Waals surface area contributed by atoms with E-state index in [1.54, 1.807) is 11.3 Å². The Balaban J connectivity index is 1.89. The maximum Gasteiger partial charge on any atom is 0.275 e. The van der Waals surface area contributed by atoms with Crippen LogP contribution in [0.5, 0.6) is 0 Å². The van der Waals surface area contributed by atoms with Crippen molar-refractivity contribution in [2.75, 3.05) is 11.1 Å². The van der Waals surface area contributed by atoms with Gasteiger partial charge in [-0.1, -0.05) is 0 Å². The highest BCUT2D eigenvalue weighted by Crippen LogP contribution is 2.25. The second kappa shape index (κ2) is 4.36. The first-order chi connectivity index (χ1) is 9.13. The van der Waals surface area contributed by atoms with Crippen LogP contribution in [0.2, 0.25) is 0 Å². The van der Waals surface area contributed by atoms with E-state index in [1.807, 2.05) is 25.1 Å². The molecule has 0 radical (unpaired) electrons. The molecule has 0 fully saturated rings. The van der Waals surface area contributed by atoms with E-state index < -0.39 is 0 Å². The maximum atomic E-state index is 12.0. The molecule has 0 aliphatic carbocycles. The number of H-pyrrole nitrogens is 1. The second-order valence-corrected chi connectivity index (χ2v) is 5.30. The highest BCUT2D eigenvalue weighted by Gasteiger charge is 2.12. The summed E-state index contributed by atoms with van der Waals surface area (Å²) in [4.78, 5) is 16.3. The van der Waals surface area contributed by atoms with Crippen molar-refractivity contribution in [3.63, 3.8) is 0 Å². The molecule has 7 heteroatoms. The fourth-order valence-electron chi connectivity index (χ4n) is 1.79. The van der Waals surface area contributed by atoms with Gasteiger partial charge in [-0.05, 0) is 25.1 Å². The van der Waals surface area contributed by atoms with Gasteiger partial charge in [0.2, 0.25) is 0 Å². The number of nitrogens with two attached hydrogens (primary N) is 1. The van der Waals surface area contributed by atoms with Crippen LogP contribution in [0.15, 0.2) is 24.4 Å². The largest absolute Gasteiger partial charge is 0.396 e. The van der Waals surface area contributed by atoms with E-state index in [0.717, 1.165) is 15.2 Å². The molecule has 0 aliphatic heterocycles. The summed E-state index contributed by atoms with van der Waals surface area (Å²) in [5.74, 6) is -0.310. The number of thiazole rings is 1. The average Bonchev–Trinajstić information content (AvgIpc) is 2.93. The molecule has 19 heavy (non-hydrogen) atoms. The van der Waals surface area contributed by atoms with Crippen LogP contribution in [-0.2, 0) is 0 Å². The summed E-state index contributed by atoms with van der Waals surface area (Å²) in [6.07, 6.45) is 1.41. The zero-order chi connectivity index (χ0) is 13.4. The van der Waals surface area contributed by atoms with Crippen LogP contribution < -0.4 is 11.1 Å². The number of carbonyl (C=O) groups is 1. The molecule has 0 bridgehead atoms. The molecule has 0 unspecified atom stereocenters.